The van der Waals surface area contributed by atoms with Gasteiger partial charge in [-0.15, -0.1) is 0 Å². The van der Waals surface area contributed by atoms with Crippen LogP contribution in [0.15, 0.2) is 48.2 Å². The van der Waals surface area contributed by atoms with Crippen LogP contribution in [0.3, 0.4) is 0 Å². The first-order valence-corrected chi connectivity index (χ1v) is 13.9. The molecule has 234 valence electrons. The number of nitrogens with two attached hydrogens (primary N) is 2. The molecule has 44 heavy (non-hydrogen) atoms. The van der Waals surface area contributed by atoms with E-state index < -0.39 is 34.8 Å². The lowest BCUT2D eigenvalue weighted by molar-refractivity contribution is -0.119. The zero-order valence-electron chi connectivity index (χ0n) is 25.3. The second kappa shape index (κ2) is 12.6. The Balaban J connectivity index is 1.80. The largest absolute Gasteiger partial charge is 0.495 e. The summed E-state index contributed by atoms with van der Waals surface area (Å²) in [6, 6.07) is 9.13. The van der Waals surface area contributed by atoms with Gasteiger partial charge in [0.15, 0.2) is 5.82 Å². The maximum Gasteiger partial charge on any atom is 0.251 e. The maximum atomic E-state index is 15.8. The van der Waals surface area contributed by atoms with E-state index in [-0.39, 0.29) is 59.3 Å². The summed E-state index contributed by atoms with van der Waals surface area (Å²) in [5.41, 5.74) is 10.8. The number of nitrogens with zero attached hydrogens (tertiary/aromatic N) is 1. The molecule has 3 aromatic rings. The number of hydrogen-bond donors (Lipinski definition) is 5. The number of methoxy groups -OCH3 is 1. The second-order valence-corrected chi connectivity index (χ2v) is 11.4. The molecule has 0 radical (unpaired) electrons. The second-order valence-electron chi connectivity index (χ2n) is 11.4. The molecule has 2 unspecified atom stereocenters. The minimum absolute atomic E-state index is 0.0732. The van der Waals surface area contributed by atoms with Crippen LogP contribution in [0.2, 0.25) is 0 Å². The van der Waals surface area contributed by atoms with Gasteiger partial charge in [-0.25, -0.2) is 13.8 Å². The van der Waals surface area contributed by atoms with E-state index in [1.807, 2.05) is 0 Å². The average Bonchev–Trinajstić information content (AvgIpc) is 3.35. The van der Waals surface area contributed by atoms with Crippen molar-refractivity contribution in [3.63, 3.8) is 0 Å². The molecule has 0 aliphatic carbocycles. The Bertz CT molecular complexity index is 1600. The van der Waals surface area contributed by atoms with E-state index in [0.717, 1.165) is 0 Å². The van der Waals surface area contributed by atoms with Crippen LogP contribution in [0, 0.1) is 11.6 Å². The van der Waals surface area contributed by atoms with E-state index in [9.17, 15) is 19.1 Å². The zero-order valence-corrected chi connectivity index (χ0v) is 25.3. The summed E-state index contributed by atoms with van der Waals surface area (Å²) >= 11 is 0. The number of allylic oxidation sites excluding steroid dienone is 1. The third-order valence-corrected chi connectivity index (χ3v) is 7.32. The number of ether oxygens (including phenoxy) is 2. The number of halogens is 2. The number of nitrogen functional groups attached to an aromatic ring is 1. The summed E-state index contributed by atoms with van der Waals surface area (Å²) in [5, 5.41) is 16.6. The number of nitrogens with one attached hydrogen (secondary N) is 2. The first-order valence-electron chi connectivity index (χ1n) is 13.9. The molecule has 2 atom stereocenters. The van der Waals surface area contributed by atoms with Gasteiger partial charge in [0, 0.05) is 41.3 Å². The molecule has 10 nitrogen and oxygen atoms in total. The molecule has 2 heterocycles. The van der Waals surface area contributed by atoms with Crippen molar-refractivity contribution in [1.82, 2.24) is 15.6 Å². The van der Waals surface area contributed by atoms with Gasteiger partial charge in [0.05, 0.1) is 43.3 Å². The number of rotatable bonds is 9. The molecule has 1 saturated heterocycles. The van der Waals surface area contributed by atoms with Gasteiger partial charge in [0.2, 0.25) is 5.91 Å². The number of aliphatic hydroxyl groups is 1. The third-order valence-electron chi connectivity index (χ3n) is 7.32. The minimum atomic E-state index is -1.64. The fourth-order valence-electron chi connectivity index (χ4n) is 5.19. The number of carbonyl (C=O) groups excluding carboxylic acids is 2. The normalized spacial score (nSPS) is 18.6. The summed E-state index contributed by atoms with van der Waals surface area (Å²) in [5.74, 6) is -1.79. The van der Waals surface area contributed by atoms with Crippen LogP contribution in [0.4, 0.5) is 14.5 Å². The third kappa shape index (κ3) is 6.98. The Morgan fingerprint density at radius 3 is 2.48 bits per heavy atom. The molecule has 1 aromatic heterocycles. The molecule has 2 aromatic carbocycles. The van der Waals surface area contributed by atoms with Crippen molar-refractivity contribution in [3.05, 3.63) is 82.2 Å². The van der Waals surface area contributed by atoms with Gasteiger partial charge >= 0.3 is 0 Å². The van der Waals surface area contributed by atoms with Crippen molar-refractivity contribution in [2.75, 3.05) is 26.0 Å². The van der Waals surface area contributed by atoms with Gasteiger partial charge < -0.3 is 36.7 Å². The molecule has 7 N–H and O–H groups in total. The molecule has 1 aliphatic rings. The van der Waals surface area contributed by atoms with E-state index in [0.29, 0.717) is 16.9 Å². The van der Waals surface area contributed by atoms with Crippen molar-refractivity contribution < 1.29 is 33.0 Å². The highest BCUT2D eigenvalue weighted by Gasteiger charge is 2.45. The van der Waals surface area contributed by atoms with Gasteiger partial charge in [-0.2, -0.15) is 0 Å². The van der Waals surface area contributed by atoms with Crippen LogP contribution >= 0.6 is 0 Å². The van der Waals surface area contributed by atoms with Crippen LogP contribution in [0.5, 0.6) is 5.75 Å². The van der Waals surface area contributed by atoms with Crippen LogP contribution in [0.1, 0.15) is 61.3 Å². The fraction of sp³-hybridized carbons (Fsp3) is 0.344. The SMILES string of the molecule is COc1cc(C(=O)NCC2(c3cc(C(C)(C)O)c(F)c(-c4ccc(F)cc4)n3)CC(NC(C)=O)CO2)cc(/C=C(/C)N)c1N. The smallest absolute Gasteiger partial charge is 0.251 e. The Morgan fingerprint density at radius 2 is 1.89 bits per heavy atom. The summed E-state index contributed by atoms with van der Waals surface area (Å²) in [6.07, 6.45) is 1.79. The lowest BCUT2D eigenvalue weighted by Gasteiger charge is -2.31. The number of hydrogen-bond acceptors (Lipinski definition) is 8. The van der Waals surface area contributed by atoms with Gasteiger partial charge in [0.1, 0.15) is 22.9 Å². The Kier molecular flexibility index (Phi) is 9.26. The monoisotopic (exact) mass is 609 g/mol. The Hall–Kier alpha value is -4.55. The van der Waals surface area contributed by atoms with E-state index in [1.165, 1.54) is 64.3 Å². The summed E-state index contributed by atoms with van der Waals surface area (Å²) in [7, 11) is 1.43. The molecule has 0 spiro atoms. The van der Waals surface area contributed by atoms with Crippen LogP contribution in [-0.2, 0) is 20.7 Å². The number of anilines is 1. The van der Waals surface area contributed by atoms with Gasteiger partial charge in [-0.05, 0) is 69.3 Å². The predicted octanol–water partition coefficient (Wildman–Crippen LogP) is 3.71. The lowest BCUT2D eigenvalue weighted by atomic mass is 9.88. The van der Waals surface area contributed by atoms with Crippen LogP contribution in [0.25, 0.3) is 17.3 Å². The van der Waals surface area contributed by atoms with E-state index >= 15 is 4.39 Å². The molecule has 12 heteroatoms. The van der Waals surface area contributed by atoms with Gasteiger partial charge in [-0.3, -0.25) is 9.59 Å². The molecule has 1 aliphatic heterocycles. The Morgan fingerprint density at radius 1 is 1.20 bits per heavy atom. The van der Waals surface area contributed by atoms with Crippen molar-refractivity contribution >= 4 is 23.6 Å². The highest BCUT2D eigenvalue weighted by Crippen LogP contribution is 2.40. The Labute approximate surface area is 254 Å². The standard InChI is InChI=1S/C32H37F2N5O5/c1-17(35)10-20-11-21(12-25(43-5)28(20)36)30(41)37-16-32(14-23(15-44-32)38-18(2)40)26-13-24(31(3,4)42)27(34)29(39-26)19-6-8-22(33)9-7-19/h6-13,23,42H,14-16,35-36H2,1-5H3,(H,37,41)(H,38,40)/b17-10-. The molecule has 0 saturated carbocycles. The van der Waals surface area contributed by atoms with Crippen molar-refractivity contribution in [3.8, 4) is 17.0 Å². The first kappa shape index (κ1) is 32.4. The average molecular weight is 610 g/mol. The summed E-state index contributed by atoms with van der Waals surface area (Å²) in [4.78, 5) is 30.0. The number of benzene rings is 2. The molecular formula is C32H37F2N5O5. The number of carbonyl (C=O) groups is 2. The highest BCUT2D eigenvalue weighted by atomic mass is 19.1. The van der Waals surface area contributed by atoms with Crippen molar-refractivity contribution in [2.24, 2.45) is 5.73 Å². The van der Waals surface area contributed by atoms with Crippen LogP contribution in [-0.4, -0.2) is 48.2 Å². The maximum absolute atomic E-state index is 15.8. The summed E-state index contributed by atoms with van der Waals surface area (Å²) < 4.78 is 41.2. The van der Waals surface area contributed by atoms with Crippen molar-refractivity contribution in [1.29, 1.82) is 0 Å². The van der Waals surface area contributed by atoms with Gasteiger partial charge in [0.25, 0.3) is 5.91 Å². The van der Waals surface area contributed by atoms with E-state index in [1.54, 1.807) is 19.1 Å². The number of pyridine rings is 1. The lowest BCUT2D eigenvalue weighted by Crippen LogP contribution is -2.43. The zero-order chi connectivity index (χ0) is 32.4. The van der Waals surface area contributed by atoms with Crippen molar-refractivity contribution in [2.45, 2.75) is 51.4 Å². The van der Waals surface area contributed by atoms with Crippen LogP contribution < -0.4 is 26.8 Å². The molecule has 1 fully saturated rings. The van der Waals surface area contributed by atoms with E-state index in [2.05, 4.69) is 15.6 Å². The highest BCUT2D eigenvalue weighted by molar-refractivity contribution is 5.96. The van der Waals surface area contributed by atoms with Gasteiger partial charge in [-0.1, -0.05) is 0 Å². The number of aromatic nitrogens is 1. The molecule has 2 amide bonds. The summed E-state index contributed by atoms with van der Waals surface area (Å²) in [6.45, 7) is 5.86. The minimum Gasteiger partial charge on any atom is -0.495 e. The number of amides is 2. The molecular weight excluding hydrogens is 572 g/mol. The molecule has 0 bridgehead atoms. The topological polar surface area (TPSA) is 162 Å². The quantitative estimate of drug-likeness (QED) is 0.229. The molecule has 4 rings (SSSR count). The fourth-order valence-corrected chi connectivity index (χ4v) is 5.19. The van der Waals surface area contributed by atoms with E-state index in [4.69, 9.17) is 20.9 Å². The first-order chi connectivity index (χ1) is 20.6. The predicted molar refractivity (Wildman–Crippen MR) is 162 cm³/mol.